The van der Waals surface area contributed by atoms with E-state index in [1.165, 1.54) is 25.4 Å². The Kier molecular flexibility index (Phi) is 9.76. The summed E-state index contributed by atoms with van der Waals surface area (Å²) in [5.74, 6) is 0.514. The van der Waals surface area contributed by atoms with E-state index in [-0.39, 0.29) is 23.2 Å². The van der Waals surface area contributed by atoms with Crippen LogP contribution in [0.1, 0.15) is 66.1 Å². The van der Waals surface area contributed by atoms with E-state index in [9.17, 15) is 9.90 Å². The van der Waals surface area contributed by atoms with Gasteiger partial charge in [0.25, 0.3) is 0 Å². The van der Waals surface area contributed by atoms with Crippen LogP contribution in [0.4, 0.5) is 0 Å². The SMILES string of the molecule is C/C=C(\C)[C@@H]1O[C@@]1(C)C(O)C(C)/C=C(C)/C=C(\C)C/C(C)=C/Cc1[nH]c(OC)c(OC)c(=O)c1C. The van der Waals surface area contributed by atoms with E-state index < -0.39 is 11.7 Å². The third-order valence-corrected chi connectivity index (χ3v) is 6.88. The minimum absolute atomic E-state index is 0.00651. The van der Waals surface area contributed by atoms with Gasteiger partial charge in [-0.05, 0) is 60.5 Å². The highest BCUT2D eigenvalue weighted by atomic mass is 16.6. The van der Waals surface area contributed by atoms with Gasteiger partial charge in [0, 0.05) is 23.6 Å². The molecule has 0 radical (unpaired) electrons. The summed E-state index contributed by atoms with van der Waals surface area (Å²) in [4.78, 5) is 15.7. The second kappa shape index (κ2) is 11.9. The Hall–Kier alpha value is -2.57. The molecule has 194 valence electrons. The summed E-state index contributed by atoms with van der Waals surface area (Å²) in [6, 6.07) is 0. The van der Waals surface area contributed by atoms with Crippen molar-refractivity contribution in [2.45, 2.75) is 86.0 Å². The molecule has 6 heteroatoms. The highest BCUT2D eigenvalue weighted by Crippen LogP contribution is 2.45. The van der Waals surface area contributed by atoms with Crippen LogP contribution in [-0.2, 0) is 11.2 Å². The third-order valence-electron chi connectivity index (χ3n) is 6.88. The van der Waals surface area contributed by atoms with Gasteiger partial charge in [0.1, 0.15) is 11.7 Å². The van der Waals surface area contributed by atoms with E-state index in [2.05, 4.69) is 44.0 Å². The van der Waals surface area contributed by atoms with E-state index in [1.54, 1.807) is 6.92 Å². The summed E-state index contributed by atoms with van der Waals surface area (Å²) in [7, 11) is 2.97. The fraction of sp³-hybridized carbons (Fsp3) is 0.552. The number of epoxide rings is 1. The number of ether oxygens (including phenoxy) is 3. The molecule has 0 saturated carbocycles. The molecule has 1 saturated heterocycles. The van der Waals surface area contributed by atoms with Crippen molar-refractivity contribution < 1.29 is 19.3 Å². The van der Waals surface area contributed by atoms with Crippen molar-refractivity contribution in [1.29, 1.82) is 0 Å². The van der Waals surface area contributed by atoms with Crippen molar-refractivity contribution in [3.8, 4) is 11.6 Å². The molecule has 2 rings (SSSR count). The molecule has 0 spiro atoms. The van der Waals surface area contributed by atoms with Crippen molar-refractivity contribution in [2.24, 2.45) is 5.92 Å². The first kappa shape index (κ1) is 28.7. The number of aromatic nitrogens is 1. The predicted molar refractivity (Wildman–Crippen MR) is 142 cm³/mol. The molecule has 35 heavy (non-hydrogen) atoms. The van der Waals surface area contributed by atoms with Gasteiger partial charge in [-0.25, -0.2) is 0 Å². The number of hydrogen-bond donors (Lipinski definition) is 2. The molecule has 1 aliphatic heterocycles. The Balaban J connectivity index is 2.05. The predicted octanol–water partition coefficient (Wildman–Crippen LogP) is 5.59. The molecule has 0 aromatic carbocycles. The van der Waals surface area contributed by atoms with Crippen LogP contribution in [0.25, 0.3) is 0 Å². The highest BCUT2D eigenvalue weighted by Gasteiger charge is 2.58. The maximum Gasteiger partial charge on any atom is 0.238 e. The lowest BCUT2D eigenvalue weighted by molar-refractivity contribution is 0.0564. The Labute approximate surface area is 210 Å². The summed E-state index contributed by atoms with van der Waals surface area (Å²) in [6.45, 7) is 16.1. The van der Waals surface area contributed by atoms with Crippen LogP contribution in [0.15, 0.2) is 51.4 Å². The van der Waals surface area contributed by atoms with Gasteiger partial charge in [-0.2, -0.15) is 0 Å². The molecule has 1 aliphatic rings. The first-order valence-corrected chi connectivity index (χ1v) is 12.2. The van der Waals surface area contributed by atoms with Crippen LogP contribution >= 0.6 is 0 Å². The lowest BCUT2D eigenvalue weighted by Gasteiger charge is -2.21. The molecule has 6 nitrogen and oxygen atoms in total. The first-order valence-electron chi connectivity index (χ1n) is 12.2. The van der Waals surface area contributed by atoms with E-state index in [4.69, 9.17) is 14.2 Å². The molecule has 1 fully saturated rings. The van der Waals surface area contributed by atoms with Gasteiger partial charge in [-0.3, -0.25) is 4.79 Å². The van der Waals surface area contributed by atoms with Gasteiger partial charge in [0.05, 0.1) is 20.3 Å². The number of pyridine rings is 1. The maximum atomic E-state index is 12.5. The van der Waals surface area contributed by atoms with E-state index in [1.807, 2.05) is 33.8 Å². The minimum atomic E-state index is -0.570. The number of methoxy groups -OCH3 is 2. The van der Waals surface area contributed by atoms with Crippen molar-refractivity contribution in [3.05, 3.63) is 68.1 Å². The topological polar surface area (TPSA) is 84.1 Å². The van der Waals surface area contributed by atoms with Gasteiger partial charge in [0.15, 0.2) is 0 Å². The van der Waals surface area contributed by atoms with Crippen molar-refractivity contribution >= 4 is 0 Å². The Bertz CT molecular complexity index is 1090. The normalized spacial score (nSPS) is 23.2. The highest BCUT2D eigenvalue weighted by molar-refractivity contribution is 5.40. The fourth-order valence-electron chi connectivity index (χ4n) is 4.68. The minimum Gasteiger partial charge on any atom is -0.488 e. The number of nitrogens with one attached hydrogen (secondary N) is 1. The number of allylic oxidation sites excluding steroid dienone is 6. The molecular formula is C29H43NO5. The van der Waals surface area contributed by atoms with Gasteiger partial charge < -0.3 is 24.3 Å². The zero-order valence-electron chi connectivity index (χ0n) is 23.0. The van der Waals surface area contributed by atoms with Crippen molar-refractivity contribution in [1.82, 2.24) is 4.98 Å². The number of aliphatic hydroxyl groups excluding tert-OH is 1. The summed E-state index contributed by atoms with van der Waals surface area (Å²) in [5, 5.41) is 10.9. The van der Waals surface area contributed by atoms with Crippen molar-refractivity contribution in [2.75, 3.05) is 14.2 Å². The van der Waals surface area contributed by atoms with Crippen LogP contribution < -0.4 is 14.9 Å². The summed E-state index contributed by atoms with van der Waals surface area (Å²) in [6.07, 6.45) is 9.29. The quantitative estimate of drug-likeness (QED) is 0.242. The zero-order chi connectivity index (χ0) is 26.5. The second-order valence-corrected chi connectivity index (χ2v) is 9.98. The maximum absolute atomic E-state index is 12.5. The molecule has 2 N–H and O–H groups in total. The molecule has 2 heterocycles. The summed E-state index contributed by atoms with van der Waals surface area (Å²) < 4.78 is 16.3. The van der Waals surface area contributed by atoms with Crippen LogP contribution in [0.2, 0.25) is 0 Å². The number of H-pyrrole nitrogens is 1. The molecule has 4 atom stereocenters. The Morgan fingerprint density at radius 2 is 1.86 bits per heavy atom. The molecular weight excluding hydrogens is 442 g/mol. The van der Waals surface area contributed by atoms with Gasteiger partial charge >= 0.3 is 0 Å². The second-order valence-electron chi connectivity index (χ2n) is 9.98. The zero-order valence-corrected chi connectivity index (χ0v) is 23.0. The van der Waals surface area contributed by atoms with E-state index >= 15 is 0 Å². The monoisotopic (exact) mass is 485 g/mol. The Morgan fingerprint density at radius 3 is 2.43 bits per heavy atom. The Morgan fingerprint density at radius 1 is 1.20 bits per heavy atom. The van der Waals surface area contributed by atoms with Crippen LogP contribution in [0.3, 0.4) is 0 Å². The fourth-order valence-corrected chi connectivity index (χ4v) is 4.68. The van der Waals surface area contributed by atoms with Crippen LogP contribution in [-0.4, -0.2) is 42.1 Å². The van der Waals surface area contributed by atoms with E-state index in [0.717, 1.165) is 23.3 Å². The largest absolute Gasteiger partial charge is 0.488 e. The average Bonchev–Trinajstić information content (AvgIpc) is 3.51. The number of aromatic amines is 1. The van der Waals surface area contributed by atoms with Crippen LogP contribution in [0.5, 0.6) is 11.6 Å². The number of rotatable bonds is 11. The average molecular weight is 486 g/mol. The van der Waals surface area contributed by atoms with Gasteiger partial charge in [-0.1, -0.05) is 47.9 Å². The molecule has 0 amide bonds. The molecule has 0 aliphatic carbocycles. The number of aliphatic hydroxyl groups is 1. The lowest BCUT2D eigenvalue weighted by Crippen LogP contribution is -2.34. The molecule has 2 unspecified atom stereocenters. The summed E-state index contributed by atoms with van der Waals surface area (Å²) in [5.41, 5.74) is 5.47. The third kappa shape index (κ3) is 6.77. The first-order chi connectivity index (χ1) is 16.4. The molecule has 0 bridgehead atoms. The van der Waals surface area contributed by atoms with Gasteiger partial charge in [-0.15, -0.1) is 0 Å². The smallest absolute Gasteiger partial charge is 0.238 e. The standard InChI is InChI=1S/C29H43NO5/c1-11-20(5)27-29(8,35-27)26(32)21(6)16-19(4)15-18(3)14-17(2)12-13-23-22(7)24(31)25(33-9)28(30-23)34-10/h11-12,15-16,21,26-27,32H,13-14H2,1-10H3,(H,30,31)/b17-12+,18-15+,19-16+,20-11+/t21?,26?,27-,29-/m0/s1. The van der Waals surface area contributed by atoms with Crippen molar-refractivity contribution in [3.63, 3.8) is 0 Å². The number of hydrogen-bond acceptors (Lipinski definition) is 5. The molecule has 1 aromatic rings. The van der Waals surface area contributed by atoms with E-state index in [0.29, 0.717) is 17.9 Å². The van der Waals surface area contributed by atoms with Gasteiger partial charge in [0.2, 0.25) is 17.1 Å². The van der Waals surface area contributed by atoms with Crippen LogP contribution in [0, 0.1) is 12.8 Å². The lowest BCUT2D eigenvalue weighted by atomic mass is 9.87. The molecule has 1 aromatic heterocycles. The summed E-state index contributed by atoms with van der Waals surface area (Å²) >= 11 is 0.